The van der Waals surface area contributed by atoms with E-state index >= 15 is 0 Å². The van der Waals surface area contributed by atoms with Crippen LogP contribution in [0.4, 0.5) is 0 Å². The number of nitrogens with zero attached hydrogens (tertiary/aromatic N) is 1. The molecule has 4 nitrogen and oxygen atoms in total. The summed E-state index contributed by atoms with van der Waals surface area (Å²) in [5.74, 6) is 0. The predicted octanol–water partition coefficient (Wildman–Crippen LogP) is 0.235. The number of rotatable bonds is 2. The van der Waals surface area contributed by atoms with Gasteiger partial charge in [0.2, 0.25) is 0 Å². The maximum Gasteiger partial charge on any atom is 0.0856 e. The van der Waals surface area contributed by atoms with Crippen molar-refractivity contribution in [3.8, 4) is 0 Å². The summed E-state index contributed by atoms with van der Waals surface area (Å²) >= 11 is 0. The summed E-state index contributed by atoms with van der Waals surface area (Å²) in [5, 5.41) is 12.5. The minimum atomic E-state index is -0.0195. The average Bonchev–Trinajstić information content (AvgIpc) is 2.30. The maximum absolute atomic E-state index is 9.12. The van der Waals surface area contributed by atoms with Crippen LogP contribution in [0.1, 0.15) is 17.3 Å². The van der Waals surface area contributed by atoms with Crippen molar-refractivity contribution in [2.75, 3.05) is 19.8 Å². The third-order valence-corrected chi connectivity index (χ3v) is 2.37. The molecule has 1 aromatic heterocycles. The second-order valence-corrected chi connectivity index (χ2v) is 3.28. The lowest BCUT2D eigenvalue weighted by Crippen LogP contribution is -2.35. The first kappa shape index (κ1) is 9.58. The molecule has 1 aromatic rings. The molecule has 4 heteroatoms. The zero-order chi connectivity index (χ0) is 9.80. The summed E-state index contributed by atoms with van der Waals surface area (Å²) in [6.07, 6.45) is 1.69. The van der Waals surface area contributed by atoms with Crippen molar-refractivity contribution >= 4 is 0 Å². The van der Waals surface area contributed by atoms with E-state index in [1.807, 2.05) is 12.1 Å². The average molecular weight is 194 g/mol. The maximum atomic E-state index is 9.12. The number of aliphatic hydroxyl groups is 1. The van der Waals surface area contributed by atoms with E-state index < -0.39 is 0 Å². The Morgan fingerprint density at radius 2 is 2.57 bits per heavy atom. The molecular weight excluding hydrogens is 180 g/mol. The van der Waals surface area contributed by atoms with Crippen LogP contribution in [0.25, 0.3) is 0 Å². The molecule has 76 valence electrons. The number of aliphatic hydroxyl groups excluding tert-OH is 1. The quantitative estimate of drug-likeness (QED) is 0.708. The Bertz CT molecular complexity index is 298. The normalized spacial score (nSPS) is 22.2. The van der Waals surface area contributed by atoms with Crippen LogP contribution in [0.15, 0.2) is 18.3 Å². The Labute approximate surface area is 82.9 Å². The highest BCUT2D eigenvalue weighted by Gasteiger charge is 2.17. The summed E-state index contributed by atoms with van der Waals surface area (Å²) in [4.78, 5) is 4.13. The molecule has 0 aromatic carbocycles. The molecule has 0 radical (unpaired) electrons. The zero-order valence-corrected chi connectivity index (χ0v) is 7.94. The van der Waals surface area contributed by atoms with E-state index in [9.17, 15) is 0 Å². The predicted molar refractivity (Wildman–Crippen MR) is 51.7 cm³/mol. The van der Waals surface area contributed by atoms with E-state index in [0.717, 1.165) is 24.4 Å². The molecule has 0 aliphatic carbocycles. The second-order valence-electron chi connectivity index (χ2n) is 3.28. The van der Waals surface area contributed by atoms with Crippen LogP contribution in [0.5, 0.6) is 0 Å². The van der Waals surface area contributed by atoms with Crippen LogP contribution in [-0.4, -0.2) is 29.8 Å². The Morgan fingerprint density at radius 1 is 1.64 bits per heavy atom. The summed E-state index contributed by atoms with van der Waals surface area (Å²) in [5.41, 5.74) is 1.77. The first-order valence-corrected chi connectivity index (χ1v) is 4.77. The van der Waals surface area contributed by atoms with Crippen molar-refractivity contribution < 1.29 is 9.84 Å². The van der Waals surface area contributed by atoms with Gasteiger partial charge in [-0.3, -0.25) is 4.98 Å². The highest BCUT2D eigenvalue weighted by atomic mass is 16.5. The standard InChI is InChI=1S/C10H14N2O2/c13-6-9-8(2-1-3-11-9)10-7-14-5-4-12-10/h1-3,10,12-13H,4-7H2. The number of ether oxygens (including phenoxy) is 1. The Kier molecular flexibility index (Phi) is 3.08. The largest absolute Gasteiger partial charge is 0.390 e. The summed E-state index contributed by atoms with van der Waals surface area (Å²) in [7, 11) is 0. The van der Waals surface area contributed by atoms with E-state index in [0.29, 0.717) is 6.61 Å². The first-order chi connectivity index (χ1) is 6.92. The Morgan fingerprint density at radius 3 is 3.29 bits per heavy atom. The summed E-state index contributed by atoms with van der Waals surface area (Å²) in [6.45, 7) is 2.24. The van der Waals surface area contributed by atoms with Gasteiger partial charge in [-0.25, -0.2) is 0 Å². The molecule has 0 bridgehead atoms. The van der Waals surface area contributed by atoms with Crippen LogP contribution < -0.4 is 5.32 Å². The van der Waals surface area contributed by atoms with E-state index in [1.54, 1.807) is 6.20 Å². The molecule has 2 N–H and O–H groups in total. The van der Waals surface area contributed by atoms with Crippen molar-refractivity contribution in [2.24, 2.45) is 0 Å². The van der Waals surface area contributed by atoms with Gasteiger partial charge in [-0.05, 0) is 11.6 Å². The second kappa shape index (κ2) is 4.50. The molecule has 0 spiro atoms. The number of nitrogens with one attached hydrogen (secondary N) is 1. The molecule has 1 unspecified atom stereocenters. The fourth-order valence-electron chi connectivity index (χ4n) is 1.66. The molecule has 1 aliphatic heterocycles. The van der Waals surface area contributed by atoms with E-state index in [2.05, 4.69) is 10.3 Å². The number of hydrogen-bond acceptors (Lipinski definition) is 4. The van der Waals surface area contributed by atoms with Gasteiger partial charge in [0, 0.05) is 12.7 Å². The third kappa shape index (κ3) is 1.92. The minimum Gasteiger partial charge on any atom is -0.390 e. The fourth-order valence-corrected chi connectivity index (χ4v) is 1.66. The van der Waals surface area contributed by atoms with Gasteiger partial charge in [-0.15, -0.1) is 0 Å². The molecule has 0 amide bonds. The molecule has 1 fully saturated rings. The van der Waals surface area contributed by atoms with Crippen LogP contribution in [-0.2, 0) is 11.3 Å². The molecule has 1 atom stereocenters. The monoisotopic (exact) mass is 194 g/mol. The number of morpholine rings is 1. The Balaban J connectivity index is 2.20. The molecule has 2 rings (SSSR count). The summed E-state index contributed by atoms with van der Waals surface area (Å²) < 4.78 is 5.36. The van der Waals surface area contributed by atoms with Crippen LogP contribution in [0, 0.1) is 0 Å². The summed E-state index contributed by atoms with van der Waals surface area (Å²) in [6, 6.07) is 4.02. The van der Waals surface area contributed by atoms with Crippen LogP contribution in [0.3, 0.4) is 0 Å². The van der Waals surface area contributed by atoms with Gasteiger partial charge in [-0.2, -0.15) is 0 Å². The highest BCUT2D eigenvalue weighted by molar-refractivity contribution is 5.23. The van der Waals surface area contributed by atoms with Crippen molar-refractivity contribution in [3.63, 3.8) is 0 Å². The van der Waals surface area contributed by atoms with Gasteiger partial charge in [0.1, 0.15) is 0 Å². The molecule has 1 saturated heterocycles. The van der Waals surface area contributed by atoms with Crippen molar-refractivity contribution in [3.05, 3.63) is 29.6 Å². The molecular formula is C10H14N2O2. The lowest BCUT2D eigenvalue weighted by atomic mass is 10.1. The van der Waals surface area contributed by atoms with Crippen LogP contribution >= 0.6 is 0 Å². The first-order valence-electron chi connectivity index (χ1n) is 4.77. The van der Waals surface area contributed by atoms with E-state index in [-0.39, 0.29) is 12.6 Å². The van der Waals surface area contributed by atoms with Crippen molar-refractivity contribution in [1.82, 2.24) is 10.3 Å². The van der Waals surface area contributed by atoms with E-state index in [4.69, 9.17) is 9.84 Å². The van der Waals surface area contributed by atoms with Gasteiger partial charge >= 0.3 is 0 Å². The lowest BCUT2D eigenvalue weighted by Gasteiger charge is -2.25. The van der Waals surface area contributed by atoms with Crippen LogP contribution in [0.2, 0.25) is 0 Å². The van der Waals surface area contributed by atoms with Crippen molar-refractivity contribution in [1.29, 1.82) is 0 Å². The molecule has 0 saturated carbocycles. The molecule has 1 aliphatic rings. The minimum absolute atomic E-state index is 0.0195. The molecule has 2 heterocycles. The van der Waals surface area contributed by atoms with E-state index in [1.165, 1.54) is 0 Å². The SMILES string of the molecule is OCc1ncccc1C1COCCN1. The van der Waals surface area contributed by atoms with Gasteiger partial charge in [0.15, 0.2) is 0 Å². The van der Waals surface area contributed by atoms with Crippen molar-refractivity contribution in [2.45, 2.75) is 12.6 Å². The topological polar surface area (TPSA) is 54.4 Å². The highest BCUT2D eigenvalue weighted by Crippen LogP contribution is 2.18. The molecule has 14 heavy (non-hydrogen) atoms. The number of hydrogen-bond donors (Lipinski definition) is 2. The van der Waals surface area contributed by atoms with Gasteiger partial charge in [0.25, 0.3) is 0 Å². The lowest BCUT2D eigenvalue weighted by molar-refractivity contribution is 0.0760. The van der Waals surface area contributed by atoms with Gasteiger partial charge in [0.05, 0.1) is 31.6 Å². The smallest absolute Gasteiger partial charge is 0.0856 e. The fraction of sp³-hybridized carbons (Fsp3) is 0.500. The zero-order valence-electron chi connectivity index (χ0n) is 7.94. The van der Waals surface area contributed by atoms with Gasteiger partial charge in [-0.1, -0.05) is 6.07 Å². The number of pyridine rings is 1. The van der Waals surface area contributed by atoms with Gasteiger partial charge < -0.3 is 15.2 Å². The third-order valence-electron chi connectivity index (χ3n) is 2.37. The Hall–Kier alpha value is -0.970. The number of aromatic nitrogens is 1.